The number of benzene rings is 1. The van der Waals surface area contributed by atoms with Crippen LogP contribution < -0.4 is 5.32 Å². The maximum Gasteiger partial charge on any atom is 0.247 e. The van der Waals surface area contributed by atoms with Crippen molar-refractivity contribution in [3.63, 3.8) is 0 Å². The van der Waals surface area contributed by atoms with Crippen molar-refractivity contribution in [3.8, 4) is 11.3 Å². The summed E-state index contributed by atoms with van der Waals surface area (Å²) in [5.74, 6) is -1.20. The second-order valence-electron chi connectivity index (χ2n) is 10.3. The lowest BCUT2D eigenvalue weighted by atomic mass is 9.90. The highest BCUT2D eigenvalue weighted by Crippen LogP contribution is 2.38. The number of anilines is 1. The molecule has 10 heteroatoms. The first-order valence-corrected chi connectivity index (χ1v) is 13.5. The quantitative estimate of drug-likeness (QED) is 0.451. The van der Waals surface area contributed by atoms with E-state index in [1.54, 1.807) is 35.0 Å². The number of hydrogen-bond acceptors (Lipinski definition) is 5. The fourth-order valence-corrected chi connectivity index (χ4v) is 5.68. The van der Waals surface area contributed by atoms with Crippen LogP contribution in [0.5, 0.6) is 0 Å². The lowest BCUT2D eigenvalue weighted by molar-refractivity contribution is -0.129. The number of halogens is 2. The fraction of sp³-hybridized carbons (Fsp3) is 0.379. The molecule has 2 aliphatic heterocycles. The van der Waals surface area contributed by atoms with Crippen molar-refractivity contribution in [2.75, 3.05) is 11.9 Å². The number of amides is 2. The van der Waals surface area contributed by atoms with E-state index in [1.807, 2.05) is 26.1 Å². The number of aliphatic hydroxyl groups is 1. The van der Waals surface area contributed by atoms with Crippen molar-refractivity contribution in [2.24, 2.45) is 13.0 Å². The van der Waals surface area contributed by atoms with Gasteiger partial charge in [-0.15, -0.1) is 0 Å². The van der Waals surface area contributed by atoms with Crippen LogP contribution >= 0.6 is 11.6 Å². The Labute approximate surface area is 231 Å². The molecule has 0 radical (unpaired) electrons. The lowest BCUT2D eigenvalue weighted by Gasteiger charge is -2.35. The smallest absolute Gasteiger partial charge is 0.247 e. The summed E-state index contributed by atoms with van der Waals surface area (Å²) in [6.07, 6.45) is 6.23. The normalized spacial score (nSPS) is 20.9. The second-order valence-corrected chi connectivity index (χ2v) is 10.7. The van der Waals surface area contributed by atoms with Gasteiger partial charge in [-0.3, -0.25) is 19.3 Å². The summed E-state index contributed by atoms with van der Waals surface area (Å²) >= 11 is 6.06. The molecule has 3 atom stereocenters. The summed E-state index contributed by atoms with van der Waals surface area (Å²) in [6, 6.07) is 6.48. The maximum atomic E-state index is 15.1. The fourth-order valence-electron chi connectivity index (χ4n) is 5.52. The zero-order valence-corrected chi connectivity index (χ0v) is 22.9. The number of carbonyl (C=O) groups is 2. The molecule has 0 fully saturated rings. The molecule has 0 saturated heterocycles. The van der Waals surface area contributed by atoms with Crippen molar-refractivity contribution >= 4 is 34.7 Å². The average Bonchev–Trinajstić information content (AvgIpc) is 3.27. The zero-order valence-electron chi connectivity index (χ0n) is 22.1. The van der Waals surface area contributed by atoms with Gasteiger partial charge in [0.15, 0.2) is 0 Å². The molecular formula is C29H31ClFN5O3. The van der Waals surface area contributed by atoms with Crippen LogP contribution in [-0.4, -0.2) is 43.1 Å². The summed E-state index contributed by atoms with van der Waals surface area (Å²) < 4.78 is 16.8. The van der Waals surface area contributed by atoms with E-state index in [2.05, 4.69) is 15.4 Å². The van der Waals surface area contributed by atoms with Crippen molar-refractivity contribution in [1.82, 2.24) is 19.7 Å². The van der Waals surface area contributed by atoms with E-state index < -0.39 is 11.9 Å². The Morgan fingerprint density at radius 2 is 2.03 bits per heavy atom. The van der Waals surface area contributed by atoms with Crippen LogP contribution in [-0.2, 0) is 16.6 Å². The molecule has 4 heterocycles. The van der Waals surface area contributed by atoms with Gasteiger partial charge in [0, 0.05) is 42.9 Å². The highest BCUT2D eigenvalue weighted by atomic mass is 35.5. The van der Waals surface area contributed by atoms with Gasteiger partial charge < -0.3 is 15.3 Å². The summed E-state index contributed by atoms with van der Waals surface area (Å²) in [6.45, 7) is 3.80. The summed E-state index contributed by atoms with van der Waals surface area (Å²) in [5.41, 5.74) is 4.04. The molecule has 39 heavy (non-hydrogen) atoms. The molecule has 8 nitrogen and oxygen atoms in total. The highest BCUT2D eigenvalue weighted by Gasteiger charge is 2.32. The number of nitrogens with zero attached hydrogens (tertiary/aromatic N) is 4. The molecule has 2 bridgehead atoms. The number of fused-ring (bicyclic) bond motifs is 4. The van der Waals surface area contributed by atoms with Crippen LogP contribution in [0.4, 0.5) is 10.1 Å². The lowest BCUT2D eigenvalue weighted by Crippen LogP contribution is -2.38. The number of pyridine rings is 1. The monoisotopic (exact) mass is 551 g/mol. The maximum absolute atomic E-state index is 15.1. The topological polar surface area (TPSA) is 100 Å². The Kier molecular flexibility index (Phi) is 7.55. The first-order chi connectivity index (χ1) is 18.7. The highest BCUT2D eigenvalue weighted by molar-refractivity contribution is 6.31. The standard InChI is InChI=1S/C29H31ClFN5O3/c1-16-5-4-6-24(22-13-19(9-11-32-22)28-23(34-29(16)39)15-33-35(28)3)36-12-10-18(14-25(36)38)26-20(17(2)37)7-8-21(30)27(26)31/h7-9,11,13-17,24,37H,4-6,10,12H2,1-3H3,(H,34,39)/t16-,17?,24+/m1/s1. The number of carbonyl (C=O) groups excluding carboxylic acids is 2. The van der Waals surface area contributed by atoms with Gasteiger partial charge >= 0.3 is 0 Å². The largest absolute Gasteiger partial charge is 0.389 e. The molecule has 5 rings (SSSR count). The first kappa shape index (κ1) is 27.0. The molecule has 1 unspecified atom stereocenters. The zero-order chi connectivity index (χ0) is 27.8. The van der Waals surface area contributed by atoms with E-state index in [1.165, 1.54) is 12.1 Å². The van der Waals surface area contributed by atoms with Crippen LogP contribution in [0.25, 0.3) is 16.8 Å². The van der Waals surface area contributed by atoms with Gasteiger partial charge in [0.05, 0.1) is 40.4 Å². The Morgan fingerprint density at radius 3 is 2.77 bits per heavy atom. The number of aromatic nitrogens is 3. The van der Waals surface area contributed by atoms with Gasteiger partial charge in [0.1, 0.15) is 5.82 Å². The Morgan fingerprint density at radius 1 is 1.23 bits per heavy atom. The molecule has 2 aromatic heterocycles. The Bertz CT molecular complexity index is 1470. The third-order valence-corrected chi connectivity index (χ3v) is 7.92. The predicted octanol–water partition coefficient (Wildman–Crippen LogP) is 5.44. The number of hydrogen-bond donors (Lipinski definition) is 2. The molecule has 0 aliphatic carbocycles. The van der Waals surface area contributed by atoms with Gasteiger partial charge in [-0.1, -0.05) is 31.0 Å². The van der Waals surface area contributed by atoms with Crippen molar-refractivity contribution in [3.05, 3.63) is 70.4 Å². The van der Waals surface area contributed by atoms with E-state index in [4.69, 9.17) is 11.6 Å². The molecule has 0 saturated carbocycles. The molecule has 0 spiro atoms. The van der Waals surface area contributed by atoms with Gasteiger partial charge in [-0.2, -0.15) is 5.10 Å². The third kappa shape index (κ3) is 5.21. The van der Waals surface area contributed by atoms with Crippen LogP contribution in [0, 0.1) is 11.7 Å². The number of aliphatic hydroxyl groups excluding tert-OH is 1. The Balaban J connectivity index is 1.53. The minimum absolute atomic E-state index is 0.0572. The van der Waals surface area contributed by atoms with E-state index in [0.717, 1.165) is 17.0 Å². The van der Waals surface area contributed by atoms with Crippen LogP contribution in [0.2, 0.25) is 5.02 Å². The van der Waals surface area contributed by atoms with Crippen LogP contribution in [0.3, 0.4) is 0 Å². The van der Waals surface area contributed by atoms with Gasteiger partial charge in [0.2, 0.25) is 11.8 Å². The van der Waals surface area contributed by atoms with E-state index in [-0.39, 0.29) is 34.4 Å². The van der Waals surface area contributed by atoms with Crippen molar-refractivity contribution < 1.29 is 19.1 Å². The first-order valence-electron chi connectivity index (χ1n) is 13.1. The molecular weight excluding hydrogens is 521 g/mol. The van der Waals surface area contributed by atoms with Crippen molar-refractivity contribution in [2.45, 2.75) is 51.7 Å². The minimum atomic E-state index is -0.921. The van der Waals surface area contributed by atoms with E-state index in [9.17, 15) is 14.7 Å². The van der Waals surface area contributed by atoms with E-state index in [0.29, 0.717) is 49.1 Å². The summed E-state index contributed by atoms with van der Waals surface area (Å²) in [7, 11) is 1.81. The van der Waals surface area contributed by atoms with Crippen LogP contribution in [0.15, 0.2) is 42.7 Å². The van der Waals surface area contributed by atoms with Crippen LogP contribution in [0.1, 0.15) is 68.5 Å². The number of nitrogens with one attached hydrogen (secondary N) is 1. The number of aryl methyl sites for hydroxylation is 1. The molecule has 2 aliphatic rings. The molecule has 204 valence electrons. The van der Waals surface area contributed by atoms with E-state index >= 15 is 4.39 Å². The summed E-state index contributed by atoms with van der Waals surface area (Å²) in [4.78, 5) is 32.9. The van der Waals surface area contributed by atoms with Crippen molar-refractivity contribution in [1.29, 1.82) is 0 Å². The van der Waals surface area contributed by atoms with Gasteiger partial charge in [0.25, 0.3) is 0 Å². The molecule has 2 amide bonds. The molecule has 1 aromatic carbocycles. The summed E-state index contributed by atoms with van der Waals surface area (Å²) in [5, 5.41) is 17.5. The molecule has 3 aromatic rings. The average molecular weight is 552 g/mol. The van der Waals surface area contributed by atoms with Gasteiger partial charge in [-0.25, -0.2) is 4.39 Å². The van der Waals surface area contributed by atoms with Gasteiger partial charge in [-0.05, 0) is 55.5 Å². The molecule has 2 N–H and O–H groups in total. The second kappa shape index (κ2) is 10.9. The third-order valence-electron chi connectivity index (χ3n) is 7.63. The predicted molar refractivity (Wildman–Crippen MR) is 147 cm³/mol. The Hall–Kier alpha value is -3.56. The SMILES string of the molecule is CC(O)c1ccc(Cl)c(F)c1C1=CC(=O)N([C@H]2CCC[C@@H](C)C(=O)Nc3cnn(C)c3-c3ccnc2c3)CC1. The number of rotatable bonds is 3. The minimum Gasteiger partial charge on any atom is -0.389 e.